The largest absolute Gasteiger partial charge is 0.497 e. The highest BCUT2D eigenvalue weighted by Gasteiger charge is 2.25. The van der Waals surface area contributed by atoms with Crippen LogP contribution in [0.2, 0.25) is 0 Å². The number of ether oxygens (including phenoxy) is 2. The molecule has 0 radical (unpaired) electrons. The molecule has 2 rings (SSSR count). The minimum atomic E-state index is -0.484. The number of aryl methyl sites for hydroxylation is 1. The molecule has 0 aliphatic carbocycles. The molecule has 1 atom stereocenters. The van der Waals surface area contributed by atoms with Crippen LogP contribution in [0.1, 0.15) is 81.7 Å². The van der Waals surface area contributed by atoms with E-state index in [1.165, 1.54) is 50.5 Å². The van der Waals surface area contributed by atoms with Gasteiger partial charge in [0.1, 0.15) is 5.75 Å². The van der Waals surface area contributed by atoms with Crippen molar-refractivity contribution in [1.82, 2.24) is 0 Å². The van der Waals surface area contributed by atoms with Gasteiger partial charge < -0.3 is 14.8 Å². The van der Waals surface area contributed by atoms with Crippen LogP contribution in [0, 0.1) is 0 Å². The number of hydrogen-bond acceptors (Lipinski definition) is 5. The zero-order valence-corrected chi connectivity index (χ0v) is 19.6. The fourth-order valence-corrected chi connectivity index (χ4v) is 4.56. The van der Waals surface area contributed by atoms with Gasteiger partial charge >= 0.3 is 5.97 Å². The summed E-state index contributed by atoms with van der Waals surface area (Å²) in [6.45, 7) is 4.47. The lowest BCUT2D eigenvalue weighted by molar-refractivity contribution is -0.144. The number of benzene rings is 1. The van der Waals surface area contributed by atoms with Crippen LogP contribution < -0.4 is 10.1 Å². The number of carbonyl (C=O) groups is 1. The van der Waals surface area contributed by atoms with E-state index in [9.17, 15) is 4.79 Å². The summed E-state index contributed by atoms with van der Waals surface area (Å²) in [4.78, 5) is 13.8. The molecule has 1 N–H and O–H groups in total. The van der Waals surface area contributed by atoms with Crippen molar-refractivity contribution in [1.29, 1.82) is 0 Å². The monoisotopic (exact) mass is 431 g/mol. The van der Waals surface area contributed by atoms with Crippen LogP contribution in [0.4, 0.5) is 5.69 Å². The molecule has 0 saturated carbocycles. The topological polar surface area (TPSA) is 47.6 Å². The van der Waals surface area contributed by atoms with Crippen LogP contribution in [0.5, 0.6) is 5.75 Å². The van der Waals surface area contributed by atoms with Crippen molar-refractivity contribution in [2.75, 3.05) is 19.0 Å². The third-order valence-electron chi connectivity index (χ3n) is 5.27. The third kappa shape index (κ3) is 8.02. The Kier molecular flexibility index (Phi) is 11.4. The van der Waals surface area contributed by atoms with E-state index in [1.54, 1.807) is 18.4 Å². The van der Waals surface area contributed by atoms with Crippen molar-refractivity contribution in [2.45, 2.75) is 77.7 Å². The van der Waals surface area contributed by atoms with Crippen molar-refractivity contribution in [3.63, 3.8) is 0 Å². The number of thiophene rings is 1. The Labute approximate surface area is 186 Å². The number of carbonyl (C=O) groups excluding carboxylic acids is 1. The van der Waals surface area contributed by atoms with Gasteiger partial charge in [0.25, 0.3) is 0 Å². The quantitative estimate of drug-likeness (QED) is 0.240. The molecule has 0 aliphatic rings. The van der Waals surface area contributed by atoms with Crippen LogP contribution in [0.15, 0.2) is 35.7 Å². The summed E-state index contributed by atoms with van der Waals surface area (Å²) >= 11 is 1.63. The number of nitrogens with one attached hydrogen (secondary N) is 1. The standard InChI is InChI=1S/C25H37NO3S/c1-4-6-7-8-9-10-11-12-13-20-18-19-30-24(20)23(25(27)29-5-2)26-21-14-16-22(28-3)17-15-21/h14-19,23,26H,4-13H2,1-3H3. The second kappa shape index (κ2) is 14.1. The normalized spacial score (nSPS) is 11.8. The van der Waals surface area contributed by atoms with Gasteiger partial charge in [0.2, 0.25) is 0 Å². The van der Waals surface area contributed by atoms with Crippen molar-refractivity contribution < 1.29 is 14.3 Å². The molecule has 0 fully saturated rings. The Morgan fingerprint density at radius 3 is 2.27 bits per heavy atom. The summed E-state index contributed by atoms with van der Waals surface area (Å²) in [6, 6.07) is 9.31. The van der Waals surface area contributed by atoms with Gasteiger partial charge in [-0.2, -0.15) is 0 Å². The van der Waals surface area contributed by atoms with Gasteiger partial charge in [0.05, 0.1) is 13.7 Å². The first-order chi connectivity index (χ1) is 14.7. The number of rotatable bonds is 15. The maximum atomic E-state index is 12.7. The SMILES string of the molecule is CCCCCCCCCCc1ccsc1C(Nc1ccc(OC)cc1)C(=O)OCC. The molecule has 0 spiro atoms. The van der Waals surface area contributed by atoms with Crippen molar-refractivity contribution in [2.24, 2.45) is 0 Å². The predicted molar refractivity (Wildman–Crippen MR) is 127 cm³/mol. The molecule has 30 heavy (non-hydrogen) atoms. The van der Waals surface area contributed by atoms with E-state index >= 15 is 0 Å². The number of anilines is 1. The van der Waals surface area contributed by atoms with E-state index in [4.69, 9.17) is 9.47 Å². The maximum absolute atomic E-state index is 12.7. The highest BCUT2D eigenvalue weighted by molar-refractivity contribution is 7.10. The average molecular weight is 432 g/mol. The number of esters is 1. The minimum absolute atomic E-state index is 0.229. The molecule has 1 aromatic carbocycles. The summed E-state index contributed by atoms with van der Waals surface area (Å²) in [6.07, 6.45) is 11.4. The van der Waals surface area contributed by atoms with Crippen molar-refractivity contribution in [3.05, 3.63) is 46.2 Å². The van der Waals surface area contributed by atoms with Crippen LogP contribution >= 0.6 is 11.3 Å². The first-order valence-corrected chi connectivity index (χ1v) is 12.2. The molecule has 1 heterocycles. The first-order valence-electron chi connectivity index (χ1n) is 11.3. The van der Waals surface area contributed by atoms with Crippen LogP contribution in [0.3, 0.4) is 0 Å². The fourth-order valence-electron chi connectivity index (χ4n) is 3.57. The number of methoxy groups -OCH3 is 1. The average Bonchev–Trinajstić information content (AvgIpc) is 3.22. The summed E-state index contributed by atoms with van der Waals surface area (Å²) in [5.41, 5.74) is 2.13. The van der Waals surface area contributed by atoms with Crippen LogP contribution in [-0.4, -0.2) is 19.7 Å². The molecule has 1 unspecified atom stereocenters. The molecule has 166 valence electrons. The Bertz CT molecular complexity index is 726. The lowest BCUT2D eigenvalue weighted by atomic mass is 10.0. The fraction of sp³-hybridized carbons (Fsp3) is 0.560. The molecule has 0 amide bonds. The lowest BCUT2D eigenvalue weighted by Gasteiger charge is -2.19. The Morgan fingerprint density at radius 2 is 1.63 bits per heavy atom. The van der Waals surface area contributed by atoms with Crippen molar-refractivity contribution >= 4 is 23.0 Å². The van der Waals surface area contributed by atoms with E-state index in [0.29, 0.717) is 6.61 Å². The van der Waals surface area contributed by atoms with Gasteiger partial charge in [-0.15, -0.1) is 11.3 Å². The van der Waals surface area contributed by atoms with Gasteiger partial charge in [-0.25, -0.2) is 4.79 Å². The van der Waals surface area contributed by atoms with Gasteiger partial charge in [0.15, 0.2) is 6.04 Å². The summed E-state index contributed by atoms with van der Waals surface area (Å²) in [5, 5.41) is 5.45. The van der Waals surface area contributed by atoms with E-state index in [-0.39, 0.29) is 5.97 Å². The highest BCUT2D eigenvalue weighted by Crippen LogP contribution is 2.31. The van der Waals surface area contributed by atoms with Gasteiger partial charge in [-0.1, -0.05) is 51.9 Å². The lowest BCUT2D eigenvalue weighted by Crippen LogP contribution is -2.23. The van der Waals surface area contributed by atoms with Crippen molar-refractivity contribution in [3.8, 4) is 5.75 Å². The van der Waals surface area contributed by atoms with Gasteiger partial charge in [0, 0.05) is 10.6 Å². The molecule has 0 saturated heterocycles. The predicted octanol–water partition coefficient (Wildman–Crippen LogP) is 7.16. The Balaban J connectivity index is 1.96. The van der Waals surface area contributed by atoms with E-state index in [0.717, 1.165) is 29.2 Å². The number of hydrogen-bond donors (Lipinski definition) is 1. The first kappa shape index (κ1) is 24.3. The molecule has 0 aliphatic heterocycles. The molecule has 1 aromatic heterocycles. The number of unbranched alkanes of at least 4 members (excludes halogenated alkanes) is 7. The zero-order chi connectivity index (χ0) is 21.6. The van der Waals surface area contributed by atoms with Gasteiger partial charge in [-0.05, 0) is 61.0 Å². The van der Waals surface area contributed by atoms with E-state index < -0.39 is 6.04 Å². The highest BCUT2D eigenvalue weighted by atomic mass is 32.1. The minimum Gasteiger partial charge on any atom is -0.497 e. The second-order valence-corrected chi connectivity index (χ2v) is 8.54. The summed E-state index contributed by atoms with van der Waals surface area (Å²) in [7, 11) is 1.65. The van der Waals surface area contributed by atoms with E-state index in [2.05, 4.69) is 23.7 Å². The second-order valence-electron chi connectivity index (χ2n) is 7.59. The molecule has 5 heteroatoms. The van der Waals surface area contributed by atoms with Crippen LogP contribution in [0.25, 0.3) is 0 Å². The Morgan fingerprint density at radius 1 is 0.967 bits per heavy atom. The molecule has 4 nitrogen and oxygen atoms in total. The Hall–Kier alpha value is -2.01. The maximum Gasteiger partial charge on any atom is 0.334 e. The van der Waals surface area contributed by atoms with Crippen LogP contribution in [-0.2, 0) is 16.0 Å². The molecular formula is C25H37NO3S. The molecule has 2 aromatic rings. The molecular weight excluding hydrogens is 394 g/mol. The smallest absolute Gasteiger partial charge is 0.334 e. The third-order valence-corrected chi connectivity index (χ3v) is 6.29. The summed E-state index contributed by atoms with van der Waals surface area (Å²) < 4.78 is 10.6. The van der Waals surface area contributed by atoms with Gasteiger partial charge in [-0.3, -0.25) is 0 Å². The summed E-state index contributed by atoms with van der Waals surface area (Å²) in [5.74, 6) is 0.563. The zero-order valence-electron chi connectivity index (χ0n) is 18.7. The molecule has 0 bridgehead atoms. The van der Waals surface area contributed by atoms with E-state index in [1.807, 2.05) is 31.2 Å².